The summed E-state index contributed by atoms with van der Waals surface area (Å²) >= 11 is 0. The molecule has 0 aromatic carbocycles. The lowest BCUT2D eigenvalue weighted by atomic mass is 9.98. The predicted octanol–water partition coefficient (Wildman–Crippen LogP) is 3.21. The first-order chi connectivity index (χ1) is 18.3. The molecule has 2 saturated heterocycles. The van der Waals surface area contributed by atoms with Gasteiger partial charge in [-0.25, -0.2) is 9.59 Å². The normalized spacial score (nSPS) is 24.1. The fourth-order valence-electron chi connectivity index (χ4n) is 4.55. The number of morpholine rings is 1. The Labute approximate surface area is 220 Å². The number of aromatic nitrogens is 2. The fourth-order valence-corrected chi connectivity index (χ4v) is 4.55. The third-order valence-corrected chi connectivity index (χ3v) is 6.39. The monoisotopic (exact) mass is 577 g/mol. The molecule has 0 radical (unpaired) electrons. The summed E-state index contributed by atoms with van der Waals surface area (Å²) in [5, 5.41) is 18.5. The summed E-state index contributed by atoms with van der Waals surface area (Å²) in [4.78, 5) is 20.5. The van der Waals surface area contributed by atoms with Crippen LogP contribution < -0.4 is 0 Å². The van der Waals surface area contributed by atoms with Crippen LogP contribution in [0.2, 0.25) is 0 Å². The van der Waals surface area contributed by atoms with Gasteiger partial charge in [-0.05, 0) is 44.1 Å². The van der Waals surface area contributed by atoms with Crippen LogP contribution in [0.5, 0.6) is 0 Å². The van der Waals surface area contributed by atoms with Crippen molar-refractivity contribution in [2.75, 3.05) is 39.5 Å². The van der Waals surface area contributed by atoms with Crippen LogP contribution in [-0.2, 0) is 30.3 Å². The van der Waals surface area contributed by atoms with Crippen molar-refractivity contribution in [3.63, 3.8) is 0 Å². The van der Waals surface area contributed by atoms with Gasteiger partial charge in [0.05, 0.1) is 18.8 Å². The topological polar surface area (TPSA) is 123 Å². The summed E-state index contributed by atoms with van der Waals surface area (Å²) in [5.74, 6) is -4.72. The summed E-state index contributed by atoms with van der Waals surface area (Å²) in [6, 6.07) is 2.51. The van der Waals surface area contributed by atoms with Crippen molar-refractivity contribution in [3.05, 3.63) is 18.5 Å². The minimum absolute atomic E-state index is 0.262. The Hall–Kier alpha value is -2.43. The van der Waals surface area contributed by atoms with Gasteiger partial charge < -0.3 is 24.4 Å². The molecule has 3 atom stereocenters. The zero-order valence-electron chi connectivity index (χ0n) is 21.1. The highest BCUT2D eigenvalue weighted by molar-refractivity contribution is 5.73. The lowest BCUT2D eigenvalue weighted by Crippen LogP contribution is -2.53. The summed E-state index contributed by atoms with van der Waals surface area (Å²) in [6.45, 7) is 6.71. The molecule has 39 heavy (non-hydrogen) atoms. The van der Waals surface area contributed by atoms with E-state index in [9.17, 15) is 26.3 Å². The van der Waals surface area contributed by atoms with E-state index in [1.54, 1.807) is 0 Å². The van der Waals surface area contributed by atoms with Crippen molar-refractivity contribution in [3.8, 4) is 0 Å². The lowest BCUT2D eigenvalue weighted by Gasteiger charge is -2.41. The van der Waals surface area contributed by atoms with Crippen molar-refractivity contribution in [1.82, 2.24) is 14.7 Å². The number of carboxylic acids is 2. The predicted molar refractivity (Wildman–Crippen MR) is 122 cm³/mol. The third-order valence-electron chi connectivity index (χ3n) is 6.39. The fraction of sp³-hybridized carbons (Fsp3) is 0.783. The quantitative estimate of drug-likeness (QED) is 0.372. The molecule has 1 aromatic rings. The number of aliphatic carboxylic acids is 2. The van der Waals surface area contributed by atoms with Gasteiger partial charge >= 0.3 is 24.3 Å². The molecule has 3 fully saturated rings. The number of nitrogens with zero attached hydrogens (tertiary/aromatic N) is 3. The Morgan fingerprint density at radius 3 is 2.13 bits per heavy atom. The van der Waals surface area contributed by atoms with Crippen molar-refractivity contribution >= 4 is 11.9 Å². The average Bonchev–Trinajstić information content (AvgIpc) is 3.53. The first-order valence-corrected chi connectivity index (χ1v) is 12.4. The molecule has 10 nitrogen and oxygen atoms in total. The molecule has 2 aliphatic heterocycles. The second kappa shape index (κ2) is 15.4. The van der Waals surface area contributed by atoms with E-state index in [-0.39, 0.29) is 12.2 Å². The van der Waals surface area contributed by atoms with Crippen molar-refractivity contribution < 1.29 is 60.4 Å². The van der Waals surface area contributed by atoms with Crippen molar-refractivity contribution in [2.24, 2.45) is 5.92 Å². The van der Waals surface area contributed by atoms with Crippen LogP contribution >= 0.6 is 0 Å². The van der Waals surface area contributed by atoms with Gasteiger partial charge in [0, 0.05) is 57.9 Å². The van der Waals surface area contributed by atoms with Gasteiger partial charge in [0.1, 0.15) is 0 Å². The lowest BCUT2D eigenvalue weighted by molar-refractivity contribution is -0.193. The number of fused-ring (bicyclic) bond motifs is 1. The maximum Gasteiger partial charge on any atom is 0.490 e. The van der Waals surface area contributed by atoms with Crippen LogP contribution in [0.4, 0.5) is 26.3 Å². The van der Waals surface area contributed by atoms with Gasteiger partial charge in [-0.15, -0.1) is 0 Å². The average molecular weight is 578 g/mol. The SMILES string of the molecule is O=C(O)C(F)(F)F.O=C(O)C(F)(F)F.c1cnn(CCCO[C@@H]2CC[C@H]3[C@H]2OCCN3CC2CCOCC2)c1. The number of carbonyl (C=O) groups is 2. The third kappa shape index (κ3) is 11.7. The maximum atomic E-state index is 10.6. The molecule has 224 valence electrons. The van der Waals surface area contributed by atoms with Crippen LogP contribution in [0.3, 0.4) is 0 Å². The highest BCUT2D eigenvalue weighted by atomic mass is 19.4. The van der Waals surface area contributed by atoms with Crippen LogP contribution in [0.25, 0.3) is 0 Å². The maximum absolute atomic E-state index is 10.6. The minimum Gasteiger partial charge on any atom is -0.475 e. The molecule has 1 saturated carbocycles. The zero-order chi connectivity index (χ0) is 29.1. The summed E-state index contributed by atoms with van der Waals surface area (Å²) < 4.78 is 83.3. The molecule has 4 rings (SSSR count). The smallest absolute Gasteiger partial charge is 0.475 e. The number of hydrogen-bond acceptors (Lipinski definition) is 7. The van der Waals surface area contributed by atoms with Crippen LogP contribution in [0.15, 0.2) is 18.5 Å². The van der Waals surface area contributed by atoms with E-state index in [4.69, 9.17) is 34.0 Å². The number of halogens is 6. The number of rotatable bonds is 7. The van der Waals surface area contributed by atoms with Crippen LogP contribution in [-0.4, -0.2) is 107 Å². The molecule has 0 amide bonds. The Balaban J connectivity index is 0.000000317. The summed E-state index contributed by atoms with van der Waals surface area (Å²) in [5.41, 5.74) is 0. The van der Waals surface area contributed by atoms with Gasteiger partial charge in [0.2, 0.25) is 0 Å². The van der Waals surface area contributed by atoms with E-state index in [1.165, 1.54) is 25.8 Å². The van der Waals surface area contributed by atoms with Crippen molar-refractivity contribution in [1.29, 1.82) is 0 Å². The Kier molecular flexibility index (Phi) is 12.9. The molecule has 3 aliphatic rings. The van der Waals surface area contributed by atoms with Gasteiger partial charge in [-0.2, -0.15) is 31.4 Å². The van der Waals surface area contributed by atoms with E-state index in [0.29, 0.717) is 6.04 Å². The summed E-state index contributed by atoms with van der Waals surface area (Å²) in [7, 11) is 0. The number of alkyl halides is 6. The van der Waals surface area contributed by atoms with E-state index >= 15 is 0 Å². The number of carboxylic acid groups (broad SMARTS) is 2. The minimum atomic E-state index is -5.08. The molecular weight excluding hydrogens is 544 g/mol. The summed E-state index contributed by atoms with van der Waals surface area (Å²) in [6.07, 6.45) is -0.0570. The first kappa shape index (κ1) is 32.8. The molecule has 0 spiro atoms. The molecule has 1 aromatic heterocycles. The molecule has 16 heteroatoms. The van der Waals surface area contributed by atoms with Gasteiger partial charge in [-0.1, -0.05) is 0 Å². The van der Waals surface area contributed by atoms with Gasteiger partial charge in [0.15, 0.2) is 0 Å². The Bertz CT molecular complexity index is 839. The van der Waals surface area contributed by atoms with Crippen molar-refractivity contribution in [2.45, 2.75) is 69.3 Å². The zero-order valence-corrected chi connectivity index (χ0v) is 21.1. The van der Waals surface area contributed by atoms with Gasteiger partial charge in [-0.3, -0.25) is 9.58 Å². The molecule has 0 bridgehead atoms. The number of aryl methyl sites for hydroxylation is 1. The van der Waals surface area contributed by atoms with E-state index < -0.39 is 24.3 Å². The highest BCUT2D eigenvalue weighted by Crippen LogP contribution is 2.33. The standard InChI is InChI=1S/C19H31N3O3.2C2HF3O2/c1-7-20-22(8-1)9-2-11-24-18-4-3-17-19(18)25-14-10-21(17)15-16-5-12-23-13-6-16;2*3-2(4,5)1(6)7/h1,7-8,16-19H,2-6,9-15H2;2*(H,6,7)/t17-,18+,19+;;/m0../s1. The Morgan fingerprint density at radius 2 is 1.59 bits per heavy atom. The van der Waals surface area contributed by atoms with Gasteiger partial charge in [0.25, 0.3) is 0 Å². The second-order valence-corrected chi connectivity index (χ2v) is 9.17. The molecular formula is C23H33F6N3O7. The molecule has 1 aliphatic carbocycles. The second-order valence-electron chi connectivity index (χ2n) is 9.17. The largest absolute Gasteiger partial charge is 0.490 e. The van der Waals surface area contributed by atoms with E-state index in [0.717, 1.165) is 58.3 Å². The molecule has 0 unspecified atom stereocenters. The Morgan fingerprint density at radius 1 is 0.974 bits per heavy atom. The first-order valence-electron chi connectivity index (χ1n) is 12.4. The number of ether oxygens (including phenoxy) is 3. The molecule has 3 heterocycles. The number of hydrogen-bond donors (Lipinski definition) is 2. The van der Waals surface area contributed by atoms with E-state index in [2.05, 4.69) is 10.00 Å². The van der Waals surface area contributed by atoms with E-state index in [1.807, 2.05) is 23.1 Å². The molecule has 2 N–H and O–H groups in total. The van der Waals surface area contributed by atoms with Crippen LogP contribution in [0.1, 0.15) is 32.1 Å². The highest BCUT2D eigenvalue weighted by Gasteiger charge is 2.43. The van der Waals surface area contributed by atoms with Crippen LogP contribution in [0, 0.1) is 5.92 Å².